The van der Waals surface area contributed by atoms with Gasteiger partial charge in [-0.3, -0.25) is 4.79 Å². The summed E-state index contributed by atoms with van der Waals surface area (Å²) in [6, 6.07) is -0.125. The molecule has 0 bridgehead atoms. The maximum absolute atomic E-state index is 12.2. The first-order chi connectivity index (χ1) is 9.74. The van der Waals surface area contributed by atoms with E-state index in [1.807, 2.05) is 0 Å². The Morgan fingerprint density at radius 3 is 2.29 bits per heavy atom. The van der Waals surface area contributed by atoms with Gasteiger partial charge in [-0.05, 0) is 51.7 Å². The summed E-state index contributed by atoms with van der Waals surface area (Å²) in [5, 5.41) is 12.2. The van der Waals surface area contributed by atoms with Crippen LogP contribution < -0.4 is 5.32 Å². The van der Waals surface area contributed by atoms with Gasteiger partial charge in [0.15, 0.2) is 0 Å². The fraction of sp³-hybridized carbons (Fsp3) is 0.867. The third kappa shape index (κ3) is 3.67. The van der Waals surface area contributed by atoms with E-state index in [1.165, 1.54) is 0 Å². The summed E-state index contributed by atoms with van der Waals surface area (Å²) in [6.07, 6.45) is 2.69. The number of carboxylic acids is 1. The van der Waals surface area contributed by atoms with Gasteiger partial charge >= 0.3 is 12.0 Å². The van der Waals surface area contributed by atoms with Crippen LogP contribution in [0.2, 0.25) is 0 Å². The second-order valence-electron chi connectivity index (χ2n) is 7.31. The molecule has 0 radical (unpaired) electrons. The summed E-state index contributed by atoms with van der Waals surface area (Å²) in [7, 11) is 2.12. The lowest BCUT2D eigenvalue weighted by molar-refractivity contribution is -0.147. The second-order valence-corrected chi connectivity index (χ2v) is 7.31. The quantitative estimate of drug-likeness (QED) is 0.821. The van der Waals surface area contributed by atoms with Crippen LogP contribution in [0.1, 0.15) is 33.1 Å². The number of aliphatic carboxylic acids is 1. The van der Waals surface area contributed by atoms with Crippen LogP contribution in [0.25, 0.3) is 0 Å². The molecule has 0 aromatic rings. The van der Waals surface area contributed by atoms with Crippen molar-refractivity contribution >= 4 is 12.0 Å². The number of carbonyl (C=O) groups is 2. The summed E-state index contributed by atoms with van der Waals surface area (Å²) >= 11 is 0. The van der Waals surface area contributed by atoms with Gasteiger partial charge in [-0.15, -0.1) is 0 Å². The number of rotatable bonds is 3. The third-order valence-corrected chi connectivity index (χ3v) is 5.14. The summed E-state index contributed by atoms with van der Waals surface area (Å²) < 4.78 is 0. The molecule has 6 heteroatoms. The molecule has 21 heavy (non-hydrogen) atoms. The Balaban J connectivity index is 1.82. The number of hydrogen-bond donors (Lipinski definition) is 2. The third-order valence-electron chi connectivity index (χ3n) is 5.14. The van der Waals surface area contributed by atoms with Gasteiger partial charge in [0, 0.05) is 19.6 Å². The summed E-state index contributed by atoms with van der Waals surface area (Å²) in [4.78, 5) is 27.4. The standard InChI is InChI=1S/C15H27N3O3/c1-14(4-7-17(3)8-5-14)10-16-13(21)18-9-6-15(2,11-18)12(19)20/h4-11H2,1-3H3,(H,16,21)(H,19,20). The van der Waals surface area contributed by atoms with Crippen LogP contribution in [0.4, 0.5) is 4.79 Å². The lowest BCUT2D eigenvalue weighted by Gasteiger charge is -2.38. The normalized spacial score (nSPS) is 29.4. The zero-order chi connectivity index (χ0) is 15.7. The minimum atomic E-state index is -0.819. The van der Waals surface area contributed by atoms with Crippen LogP contribution in [-0.2, 0) is 4.79 Å². The Labute approximate surface area is 126 Å². The zero-order valence-corrected chi connectivity index (χ0v) is 13.3. The number of nitrogens with zero attached hydrogens (tertiary/aromatic N) is 2. The molecule has 0 saturated carbocycles. The molecular weight excluding hydrogens is 270 g/mol. The Kier molecular flexibility index (Phi) is 4.46. The van der Waals surface area contributed by atoms with Gasteiger partial charge in [0.05, 0.1) is 5.41 Å². The van der Waals surface area contributed by atoms with Crippen LogP contribution in [0.3, 0.4) is 0 Å². The molecule has 120 valence electrons. The van der Waals surface area contributed by atoms with Crippen molar-refractivity contribution in [2.45, 2.75) is 33.1 Å². The molecule has 0 aromatic carbocycles. The minimum Gasteiger partial charge on any atom is -0.481 e. The van der Waals surface area contributed by atoms with Gasteiger partial charge in [0.2, 0.25) is 0 Å². The highest BCUT2D eigenvalue weighted by molar-refractivity contribution is 5.79. The zero-order valence-electron chi connectivity index (χ0n) is 13.3. The summed E-state index contributed by atoms with van der Waals surface area (Å²) in [6.45, 7) is 7.54. The van der Waals surface area contributed by atoms with Crippen molar-refractivity contribution in [2.75, 3.05) is 39.8 Å². The van der Waals surface area contributed by atoms with E-state index in [4.69, 9.17) is 0 Å². The second kappa shape index (κ2) is 5.83. The van der Waals surface area contributed by atoms with Crippen LogP contribution in [0, 0.1) is 10.8 Å². The van der Waals surface area contributed by atoms with E-state index in [-0.39, 0.29) is 11.4 Å². The number of likely N-dealkylation sites (tertiary alicyclic amines) is 2. The van der Waals surface area contributed by atoms with E-state index in [9.17, 15) is 14.7 Å². The van der Waals surface area contributed by atoms with E-state index in [0.717, 1.165) is 25.9 Å². The molecule has 2 rings (SSSR count). The van der Waals surface area contributed by atoms with Gasteiger partial charge in [0.25, 0.3) is 0 Å². The van der Waals surface area contributed by atoms with E-state index >= 15 is 0 Å². The van der Waals surface area contributed by atoms with Gasteiger partial charge in [0.1, 0.15) is 0 Å². The van der Waals surface area contributed by atoms with Crippen LogP contribution in [0.5, 0.6) is 0 Å². The highest BCUT2D eigenvalue weighted by atomic mass is 16.4. The van der Waals surface area contributed by atoms with Gasteiger partial charge in [-0.25, -0.2) is 4.79 Å². The molecule has 2 heterocycles. The SMILES string of the molecule is CN1CCC(C)(CNC(=O)N2CCC(C)(C(=O)O)C2)CC1. The van der Waals surface area contributed by atoms with E-state index < -0.39 is 11.4 Å². The fourth-order valence-electron chi connectivity index (χ4n) is 3.04. The first-order valence-corrected chi connectivity index (χ1v) is 7.69. The number of urea groups is 1. The van der Waals surface area contributed by atoms with Crippen molar-refractivity contribution in [2.24, 2.45) is 10.8 Å². The molecular formula is C15H27N3O3. The number of carboxylic acid groups (broad SMARTS) is 1. The molecule has 2 amide bonds. The number of amides is 2. The van der Waals surface area contributed by atoms with Crippen molar-refractivity contribution in [1.29, 1.82) is 0 Å². The lowest BCUT2D eigenvalue weighted by atomic mass is 9.80. The highest BCUT2D eigenvalue weighted by Crippen LogP contribution is 2.31. The van der Waals surface area contributed by atoms with Gasteiger partial charge in [-0.1, -0.05) is 6.92 Å². The van der Waals surface area contributed by atoms with Crippen molar-refractivity contribution in [1.82, 2.24) is 15.1 Å². The molecule has 0 aliphatic carbocycles. The smallest absolute Gasteiger partial charge is 0.317 e. The molecule has 2 aliphatic rings. The van der Waals surface area contributed by atoms with E-state index in [1.54, 1.807) is 11.8 Å². The number of piperidine rings is 1. The molecule has 2 aliphatic heterocycles. The molecule has 1 unspecified atom stereocenters. The first kappa shape index (κ1) is 16.1. The molecule has 6 nitrogen and oxygen atoms in total. The summed E-state index contributed by atoms with van der Waals surface area (Å²) in [5.74, 6) is -0.819. The Morgan fingerprint density at radius 1 is 1.14 bits per heavy atom. The van der Waals surface area contributed by atoms with E-state index in [2.05, 4.69) is 24.2 Å². The Bertz CT molecular complexity index is 418. The number of nitrogens with one attached hydrogen (secondary N) is 1. The monoisotopic (exact) mass is 297 g/mol. The fourth-order valence-corrected chi connectivity index (χ4v) is 3.04. The Morgan fingerprint density at radius 2 is 1.76 bits per heavy atom. The van der Waals surface area contributed by atoms with Crippen LogP contribution >= 0.6 is 0 Å². The number of hydrogen-bond acceptors (Lipinski definition) is 3. The molecule has 2 N–H and O–H groups in total. The largest absolute Gasteiger partial charge is 0.481 e. The predicted molar refractivity (Wildman–Crippen MR) is 80.2 cm³/mol. The maximum atomic E-state index is 12.2. The topological polar surface area (TPSA) is 72.9 Å². The molecule has 2 saturated heterocycles. The molecule has 0 spiro atoms. The van der Waals surface area contributed by atoms with Gasteiger partial charge < -0.3 is 20.2 Å². The predicted octanol–water partition coefficient (Wildman–Crippen LogP) is 1.22. The van der Waals surface area contributed by atoms with Crippen molar-refractivity contribution in [3.63, 3.8) is 0 Å². The van der Waals surface area contributed by atoms with Crippen LogP contribution in [-0.4, -0.2) is 66.7 Å². The lowest BCUT2D eigenvalue weighted by Crippen LogP contribution is -2.47. The summed E-state index contributed by atoms with van der Waals surface area (Å²) in [5.41, 5.74) is -0.646. The average Bonchev–Trinajstić information content (AvgIpc) is 2.84. The Hall–Kier alpha value is -1.30. The minimum absolute atomic E-state index is 0.125. The van der Waals surface area contributed by atoms with Crippen molar-refractivity contribution < 1.29 is 14.7 Å². The van der Waals surface area contributed by atoms with Crippen molar-refractivity contribution in [3.05, 3.63) is 0 Å². The van der Waals surface area contributed by atoms with E-state index in [0.29, 0.717) is 26.1 Å². The highest BCUT2D eigenvalue weighted by Gasteiger charge is 2.42. The van der Waals surface area contributed by atoms with Crippen LogP contribution in [0.15, 0.2) is 0 Å². The molecule has 1 atom stereocenters. The number of carbonyl (C=O) groups excluding carboxylic acids is 1. The maximum Gasteiger partial charge on any atom is 0.317 e. The van der Waals surface area contributed by atoms with Gasteiger partial charge in [-0.2, -0.15) is 0 Å². The molecule has 0 aromatic heterocycles. The molecule has 2 fully saturated rings. The van der Waals surface area contributed by atoms with Crippen molar-refractivity contribution in [3.8, 4) is 0 Å². The first-order valence-electron chi connectivity index (χ1n) is 7.69. The average molecular weight is 297 g/mol.